The lowest BCUT2D eigenvalue weighted by molar-refractivity contribution is 0.307. The Labute approximate surface area is 114 Å². The smallest absolute Gasteiger partial charge is 0.239 e. The van der Waals surface area contributed by atoms with Crippen LogP contribution in [0.2, 0.25) is 0 Å². The molecule has 0 aliphatic carbocycles. The predicted molar refractivity (Wildman–Crippen MR) is 80.5 cm³/mol. The van der Waals surface area contributed by atoms with Crippen molar-refractivity contribution in [1.29, 1.82) is 0 Å². The van der Waals surface area contributed by atoms with Crippen LogP contribution in [0.15, 0.2) is 12.1 Å². The van der Waals surface area contributed by atoms with Gasteiger partial charge < -0.3 is 15.8 Å². The lowest BCUT2D eigenvalue weighted by Crippen LogP contribution is -2.07. The van der Waals surface area contributed by atoms with Crippen LogP contribution in [-0.4, -0.2) is 30.1 Å². The number of pyridine rings is 1. The van der Waals surface area contributed by atoms with Crippen LogP contribution in [0.1, 0.15) is 26.2 Å². The van der Waals surface area contributed by atoms with Crippen LogP contribution >= 0.6 is 11.8 Å². The van der Waals surface area contributed by atoms with Gasteiger partial charge in [-0.15, -0.1) is 0 Å². The highest BCUT2D eigenvalue weighted by atomic mass is 32.2. The van der Waals surface area contributed by atoms with E-state index in [0.29, 0.717) is 18.2 Å². The Kier molecular flexibility index (Phi) is 7.41. The molecular weight excluding hydrogens is 246 g/mol. The second kappa shape index (κ2) is 8.91. The molecule has 18 heavy (non-hydrogen) atoms. The number of rotatable bonds is 9. The fourth-order valence-electron chi connectivity index (χ4n) is 1.45. The molecule has 1 aromatic rings. The Bertz CT molecular complexity index is 347. The fraction of sp³-hybridized carbons (Fsp3) is 0.615. The minimum atomic E-state index is 0.533. The molecule has 0 atom stereocenters. The fourth-order valence-corrected chi connectivity index (χ4v) is 1.94. The molecule has 0 amide bonds. The van der Waals surface area contributed by atoms with E-state index in [1.807, 2.05) is 23.9 Å². The number of hydrogen-bond donors (Lipinski definition) is 2. The number of thioether (sulfide) groups is 1. The van der Waals surface area contributed by atoms with Crippen molar-refractivity contribution in [2.75, 3.05) is 36.2 Å². The first kappa shape index (κ1) is 15.0. The van der Waals surface area contributed by atoms with Crippen molar-refractivity contribution in [3.63, 3.8) is 0 Å². The van der Waals surface area contributed by atoms with E-state index in [9.17, 15) is 0 Å². The summed E-state index contributed by atoms with van der Waals surface area (Å²) in [6.07, 6.45) is 5.46. The van der Waals surface area contributed by atoms with Crippen molar-refractivity contribution in [3.05, 3.63) is 12.1 Å². The summed E-state index contributed by atoms with van der Waals surface area (Å²) in [6, 6.07) is 3.73. The molecule has 1 rings (SSSR count). The maximum atomic E-state index is 5.81. The standard InChI is InChI=1S/C13H23N3OS/c1-3-9-17-13-11(14)6-7-12(16-13)15-8-4-5-10-18-2/h6-7H,3-5,8-10,14H2,1-2H3,(H,15,16). The molecule has 0 bridgehead atoms. The average Bonchev–Trinajstić information content (AvgIpc) is 2.39. The van der Waals surface area contributed by atoms with Crippen LogP contribution in [0.4, 0.5) is 11.5 Å². The molecule has 0 saturated heterocycles. The van der Waals surface area contributed by atoms with E-state index in [-0.39, 0.29) is 0 Å². The van der Waals surface area contributed by atoms with Crippen LogP contribution in [0.5, 0.6) is 5.88 Å². The van der Waals surface area contributed by atoms with E-state index in [2.05, 4.69) is 23.5 Å². The van der Waals surface area contributed by atoms with Gasteiger partial charge in [0, 0.05) is 6.54 Å². The van der Waals surface area contributed by atoms with Gasteiger partial charge in [0.15, 0.2) is 0 Å². The molecule has 0 fully saturated rings. The van der Waals surface area contributed by atoms with Gasteiger partial charge in [-0.25, -0.2) is 0 Å². The van der Waals surface area contributed by atoms with Crippen LogP contribution in [0.3, 0.4) is 0 Å². The third-order valence-electron chi connectivity index (χ3n) is 2.41. The number of unbranched alkanes of at least 4 members (excludes halogenated alkanes) is 1. The number of aromatic nitrogens is 1. The topological polar surface area (TPSA) is 60.2 Å². The summed E-state index contributed by atoms with van der Waals surface area (Å²) in [6.45, 7) is 3.64. The largest absolute Gasteiger partial charge is 0.476 e. The maximum absolute atomic E-state index is 5.81. The first-order chi connectivity index (χ1) is 8.77. The van der Waals surface area contributed by atoms with Crippen molar-refractivity contribution in [1.82, 2.24) is 4.98 Å². The Morgan fingerprint density at radius 3 is 2.94 bits per heavy atom. The molecule has 1 aromatic heterocycles. The Morgan fingerprint density at radius 2 is 2.22 bits per heavy atom. The zero-order valence-electron chi connectivity index (χ0n) is 11.2. The number of nitrogens with zero attached hydrogens (tertiary/aromatic N) is 1. The highest BCUT2D eigenvalue weighted by Gasteiger charge is 2.03. The highest BCUT2D eigenvalue weighted by Crippen LogP contribution is 2.20. The van der Waals surface area contributed by atoms with Gasteiger partial charge in [-0.3, -0.25) is 0 Å². The van der Waals surface area contributed by atoms with Crippen LogP contribution < -0.4 is 15.8 Å². The van der Waals surface area contributed by atoms with E-state index < -0.39 is 0 Å². The number of nitrogen functional groups attached to an aromatic ring is 1. The molecule has 0 aromatic carbocycles. The molecule has 0 unspecified atom stereocenters. The van der Waals surface area contributed by atoms with Crippen LogP contribution in [0.25, 0.3) is 0 Å². The monoisotopic (exact) mass is 269 g/mol. The predicted octanol–water partition coefficient (Wildman–Crippen LogP) is 3.01. The van der Waals surface area contributed by atoms with E-state index in [1.165, 1.54) is 12.2 Å². The van der Waals surface area contributed by atoms with E-state index in [0.717, 1.165) is 25.2 Å². The van der Waals surface area contributed by atoms with Crippen molar-refractivity contribution in [3.8, 4) is 5.88 Å². The lowest BCUT2D eigenvalue weighted by atomic mass is 10.3. The molecule has 1 heterocycles. The molecule has 0 radical (unpaired) electrons. The Morgan fingerprint density at radius 1 is 1.39 bits per heavy atom. The van der Waals surface area contributed by atoms with Crippen molar-refractivity contribution in [2.24, 2.45) is 0 Å². The summed E-state index contributed by atoms with van der Waals surface area (Å²) >= 11 is 1.88. The molecule has 0 spiro atoms. The van der Waals surface area contributed by atoms with E-state index >= 15 is 0 Å². The number of anilines is 2. The summed E-state index contributed by atoms with van der Waals surface area (Å²) in [5.41, 5.74) is 6.40. The summed E-state index contributed by atoms with van der Waals surface area (Å²) in [5.74, 6) is 2.58. The van der Waals surface area contributed by atoms with Crippen LogP contribution in [-0.2, 0) is 0 Å². The number of nitrogens with two attached hydrogens (primary N) is 1. The van der Waals surface area contributed by atoms with E-state index in [1.54, 1.807) is 0 Å². The summed E-state index contributed by atoms with van der Waals surface area (Å²) in [4.78, 5) is 4.36. The van der Waals surface area contributed by atoms with E-state index in [4.69, 9.17) is 10.5 Å². The van der Waals surface area contributed by atoms with Gasteiger partial charge in [-0.1, -0.05) is 6.92 Å². The zero-order valence-corrected chi connectivity index (χ0v) is 12.1. The second-order valence-electron chi connectivity index (χ2n) is 4.07. The second-order valence-corrected chi connectivity index (χ2v) is 5.05. The summed E-state index contributed by atoms with van der Waals surface area (Å²) < 4.78 is 5.49. The first-order valence-corrected chi connectivity index (χ1v) is 7.79. The van der Waals surface area contributed by atoms with Gasteiger partial charge in [0.05, 0.1) is 12.3 Å². The maximum Gasteiger partial charge on any atom is 0.239 e. The van der Waals surface area contributed by atoms with Gasteiger partial charge in [0.1, 0.15) is 5.82 Å². The Hall–Kier alpha value is -1.10. The van der Waals surface area contributed by atoms with Gasteiger partial charge >= 0.3 is 0 Å². The average molecular weight is 269 g/mol. The van der Waals surface area contributed by atoms with Crippen molar-refractivity contribution < 1.29 is 4.74 Å². The van der Waals surface area contributed by atoms with Crippen molar-refractivity contribution in [2.45, 2.75) is 26.2 Å². The first-order valence-electron chi connectivity index (χ1n) is 6.40. The summed E-state index contributed by atoms with van der Waals surface area (Å²) in [7, 11) is 0. The quantitative estimate of drug-likeness (QED) is 0.675. The van der Waals surface area contributed by atoms with Crippen LogP contribution in [0, 0.1) is 0 Å². The van der Waals surface area contributed by atoms with Crippen molar-refractivity contribution >= 4 is 23.3 Å². The minimum absolute atomic E-state index is 0.533. The molecule has 102 valence electrons. The molecule has 3 N–H and O–H groups in total. The number of hydrogen-bond acceptors (Lipinski definition) is 5. The Balaban J connectivity index is 2.40. The van der Waals surface area contributed by atoms with Gasteiger partial charge in [0.25, 0.3) is 0 Å². The third-order valence-corrected chi connectivity index (χ3v) is 3.11. The van der Waals surface area contributed by atoms with Gasteiger partial charge in [0.2, 0.25) is 5.88 Å². The van der Waals surface area contributed by atoms with Gasteiger partial charge in [-0.2, -0.15) is 16.7 Å². The number of ether oxygens (including phenoxy) is 1. The molecule has 0 saturated carbocycles. The van der Waals surface area contributed by atoms with Gasteiger partial charge in [-0.05, 0) is 43.4 Å². The molecule has 0 aliphatic rings. The third kappa shape index (κ3) is 5.49. The molecule has 0 aliphatic heterocycles. The zero-order chi connectivity index (χ0) is 13.2. The number of nitrogens with one attached hydrogen (secondary N) is 1. The molecule has 4 nitrogen and oxygen atoms in total. The normalized spacial score (nSPS) is 10.3. The summed E-state index contributed by atoms with van der Waals surface area (Å²) in [5, 5.41) is 3.29. The molecule has 5 heteroatoms. The lowest BCUT2D eigenvalue weighted by Gasteiger charge is -2.10. The highest BCUT2D eigenvalue weighted by molar-refractivity contribution is 7.98. The minimum Gasteiger partial charge on any atom is -0.476 e. The molecular formula is C13H23N3OS. The SMILES string of the molecule is CCCOc1nc(NCCCCSC)ccc1N.